The van der Waals surface area contributed by atoms with Crippen LogP contribution in [-0.4, -0.2) is 81.2 Å². The number of fused-ring (bicyclic) bond motifs is 1. The Morgan fingerprint density at radius 2 is 2.10 bits per heavy atom. The molecule has 4 rings (SSSR count). The highest BCUT2D eigenvalue weighted by molar-refractivity contribution is 6.33. The van der Waals surface area contributed by atoms with E-state index >= 15 is 0 Å². The number of ether oxygens (including phenoxy) is 4. The van der Waals surface area contributed by atoms with Gasteiger partial charge < -0.3 is 29.4 Å². The van der Waals surface area contributed by atoms with Crippen LogP contribution in [0.25, 0.3) is 0 Å². The molecule has 0 radical (unpaired) electrons. The predicted octanol–water partition coefficient (Wildman–Crippen LogP) is 1.71. The van der Waals surface area contributed by atoms with Gasteiger partial charge in [0.15, 0.2) is 11.5 Å². The van der Waals surface area contributed by atoms with E-state index in [1.807, 2.05) is 0 Å². The zero-order chi connectivity index (χ0) is 21.1. The van der Waals surface area contributed by atoms with E-state index in [0.717, 1.165) is 39.0 Å². The molecule has 3 aliphatic heterocycles. The first-order valence-electron chi connectivity index (χ1n) is 10.5. The quantitative estimate of drug-likeness (QED) is 0.696. The number of benzene rings is 1. The molecule has 166 valence electrons. The lowest BCUT2D eigenvalue weighted by atomic mass is 9.93. The van der Waals surface area contributed by atoms with E-state index in [1.165, 1.54) is 13.2 Å². The van der Waals surface area contributed by atoms with Crippen molar-refractivity contribution in [1.29, 1.82) is 0 Å². The van der Waals surface area contributed by atoms with E-state index in [4.69, 9.17) is 30.5 Å². The highest BCUT2D eigenvalue weighted by atomic mass is 35.5. The Labute approximate surface area is 181 Å². The van der Waals surface area contributed by atoms with Crippen molar-refractivity contribution in [2.24, 2.45) is 5.92 Å². The molecule has 2 unspecified atom stereocenters. The number of β-amino-alcohol motifs (C(OH)–C–C–N with tert-alkyl or cyclic N) is 1. The molecule has 3 aliphatic rings. The first-order valence-corrected chi connectivity index (χ1v) is 10.9. The monoisotopic (exact) mass is 440 g/mol. The van der Waals surface area contributed by atoms with Gasteiger partial charge in [-0.3, -0.25) is 9.69 Å². The van der Waals surface area contributed by atoms with Gasteiger partial charge in [-0.05, 0) is 31.9 Å². The maximum Gasteiger partial charge on any atom is 0.255 e. The highest BCUT2D eigenvalue weighted by Crippen LogP contribution is 2.46. The number of hydrogen-bond donors (Lipinski definition) is 2. The summed E-state index contributed by atoms with van der Waals surface area (Å²) < 4.78 is 22.3. The number of likely N-dealkylation sites (tertiary alicyclic amines) is 1. The molecular weight excluding hydrogens is 412 g/mol. The van der Waals surface area contributed by atoms with Crippen LogP contribution in [-0.2, 0) is 4.74 Å². The number of piperidine rings is 1. The molecule has 1 aromatic carbocycles. The first-order chi connectivity index (χ1) is 14.6. The number of methoxy groups -OCH3 is 1. The van der Waals surface area contributed by atoms with Gasteiger partial charge in [0.25, 0.3) is 5.91 Å². The molecule has 2 saturated heterocycles. The van der Waals surface area contributed by atoms with E-state index in [0.29, 0.717) is 49.1 Å². The fourth-order valence-electron chi connectivity index (χ4n) is 4.36. The topological polar surface area (TPSA) is 89.5 Å². The first kappa shape index (κ1) is 21.5. The van der Waals surface area contributed by atoms with Gasteiger partial charge in [0.1, 0.15) is 13.2 Å². The zero-order valence-electron chi connectivity index (χ0n) is 17.2. The summed E-state index contributed by atoms with van der Waals surface area (Å²) in [6, 6.07) is 1.53. The number of halogens is 1. The number of aliphatic hydroxyl groups excluding tert-OH is 1. The molecule has 8 nitrogen and oxygen atoms in total. The van der Waals surface area contributed by atoms with Crippen LogP contribution in [0.3, 0.4) is 0 Å². The minimum atomic E-state index is -0.492. The van der Waals surface area contributed by atoms with Crippen molar-refractivity contribution in [3.8, 4) is 17.2 Å². The molecule has 30 heavy (non-hydrogen) atoms. The number of nitrogens with one attached hydrogen (secondary N) is 1. The summed E-state index contributed by atoms with van der Waals surface area (Å²) in [4.78, 5) is 15.1. The molecule has 0 spiro atoms. The van der Waals surface area contributed by atoms with Crippen LogP contribution >= 0.6 is 11.6 Å². The third kappa shape index (κ3) is 4.61. The summed E-state index contributed by atoms with van der Waals surface area (Å²) in [6.07, 6.45) is 2.81. The average Bonchev–Trinajstić information content (AvgIpc) is 3.25. The third-order valence-electron chi connectivity index (χ3n) is 5.99. The molecule has 9 heteroatoms. The summed E-state index contributed by atoms with van der Waals surface area (Å²) in [5.74, 6) is 0.736. The van der Waals surface area contributed by atoms with Gasteiger partial charge in [-0.2, -0.15) is 0 Å². The Morgan fingerprint density at radius 1 is 1.30 bits per heavy atom. The SMILES string of the molecule is COc1c(Cl)cc(C(=O)NC[C@@H]2CCN(CC3CCCO3)CC2O)c2c1OCCO2. The molecule has 0 saturated carbocycles. The molecule has 3 atom stereocenters. The van der Waals surface area contributed by atoms with Crippen molar-refractivity contribution >= 4 is 17.5 Å². The summed E-state index contributed by atoms with van der Waals surface area (Å²) in [6.45, 7) is 4.28. The number of rotatable bonds is 6. The van der Waals surface area contributed by atoms with E-state index in [2.05, 4.69) is 10.2 Å². The number of nitrogens with zero attached hydrogens (tertiary/aromatic N) is 1. The lowest BCUT2D eigenvalue weighted by Gasteiger charge is -2.37. The molecule has 1 aromatic rings. The van der Waals surface area contributed by atoms with Gasteiger partial charge in [0.2, 0.25) is 5.75 Å². The standard InChI is InChI=1S/C21H29ClN2O6/c1-27-19-16(22)9-15(18-20(19)30-8-7-29-18)21(26)23-10-13-4-5-24(12-17(13)25)11-14-3-2-6-28-14/h9,13-14,17,25H,2-8,10-12H2,1H3,(H,23,26)/t13-,14?,17?/m0/s1. The Morgan fingerprint density at radius 3 is 2.80 bits per heavy atom. The molecule has 3 heterocycles. The number of carbonyl (C=O) groups excluding carboxylic acids is 1. The molecule has 2 fully saturated rings. The highest BCUT2D eigenvalue weighted by Gasteiger charge is 2.31. The second-order valence-corrected chi connectivity index (χ2v) is 8.42. The normalized spacial score (nSPS) is 26.4. The van der Waals surface area contributed by atoms with Crippen LogP contribution in [0.5, 0.6) is 17.2 Å². The summed E-state index contributed by atoms with van der Waals surface area (Å²) in [5, 5.41) is 13.8. The van der Waals surface area contributed by atoms with Crippen LogP contribution in [0.4, 0.5) is 0 Å². The Hall–Kier alpha value is -1.74. The van der Waals surface area contributed by atoms with Crippen LogP contribution in [0, 0.1) is 5.92 Å². The van der Waals surface area contributed by atoms with Crippen molar-refractivity contribution in [3.63, 3.8) is 0 Å². The molecule has 0 aromatic heterocycles. The Bertz CT molecular complexity index is 770. The number of carbonyl (C=O) groups is 1. The number of hydrogen-bond acceptors (Lipinski definition) is 7. The smallest absolute Gasteiger partial charge is 0.255 e. The van der Waals surface area contributed by atoms with Crippen molar-refractivity contribution in [3.05, 3.63) is 16.7 Å². The lowest BCUT2D eigenvalue weighted by Crippen LogP contribution is -2.49. The van der Waals surface area contributed by atoms with E-state index < -0.39 is 6.10 Å². The van der Waals surface area contributed by atoms with Crippen LogP contribution < -0.4 is 19.5 Å². The molecule has 0 aliphatic carbocycles. The van der Waals surface area contributed by atoms with Crippen molar-refractivity contribution in [2.75, 3.05) is 53.1 Å². The number of aliphatic hydroxyl groups is 1. The maximum absolute atomic E-state index is 12.9. The Balaban J connectivity index is 1.35. The zero-order valence-corrected chi connectivity index (χ0v) is 18.0. The van der Waals surface area contributed by atoms with Crippen LogP contribution in [0.2, 0.25) is 5.02 Å². The summed E-state index contributed by atoms with van der Waals surface area (Å²) in [7, 11) is 1.49. The van der Waals surface area contributed by atoms with Gasteiger partial charge >= 0.3 is 0 Å². The fraction of sp³-hybridized carbons (Fsp3) is 0.667. The predicted molar refractivity (Wildman–Crippen MR) is 111 cm³/mol. The van der Waals surface area contributed by atoms with Gasteiger partial charge in [0.05, 0.1) is 29.9 Å². The van der Waals surface area contributed by atoms with Gasteiger partial charge in [0, 0.05) is 32.2 Å². The van der Waals surface area contributed by atoms with Crippen molar-refractivity contribution in [1.82, 2.24) is 10.2 Å². The van der Waals surface area contributed by atoms with E-state index in [9.17, 15) is 9.90 Å². The summed E-state index contributed by atoms with van der Waals surface area (Å²) >= 11 is 6.27. The average molecular weight is 441 g/mol. The third-order valence-corrected chi connectivity index (χ3v) is 6.27. The largest absolute Gasteiger partial charge is 0.491 e. The van der Waals surface area contributed by atoms with Crippen LogP contribution in [0.1, 0.15) is 29.6 Å². The van der Waals surface area contributed by atoms with Gasteiger partial charge in [-0.15, -0.1) is 0 Å². The van der Waals surface area contributed by atoms with Crippen molar-refractivity contribution < 1.29 is 28.8 Å². The molecule has 0 bridgehead atoms. The van der Waals surface area contributed by atoms with Crippen LogP contribution in [0.15, 0.2) is 6.07 Å². The maximum atomic E-state index is 12.9. The van der Waals surface area contributed by atoms with Gasteiger partial charge in [-0.25, -0.2) is 0 Å². The summed E-state index contributed by atoms with van der Waals surface area (Å²) in [5.41, 5.74) is 0.306. The minimum absolute atomic E-state index is 0.00332. The lowest BCUT2D eigenvalue weighted by molar-refractivity contribution is -0.00192. The van der Waals surface area contributed by atoms with Crippen molar-refractivity contribution in [2.45, 2.75) is 31.5 Å². The molecule has 2 N–H and O–H groups in total. The molecule has 1 amide bonds. The second-order valence-electron chi connectivity index (χ2n) is 8.02. The Kier molecular flexibility index (Phi) is 6.87. The molecular formula is C21H29ClN2O6. The van der Waals surface area contributed by atoms with E-state index in [-0.39, 0.29) is 23.0 Å². The van der Waals surface area contributed by atoms with Gasteiger partial charge in [-0.1, -0.05) is 11.6 Å². The minimum Gasteiger partial charge on any atom is -0.491 e. The second kappa shape index (κ2) is 9.60. The van der Waals surface area contributed by atoms with E-state index in [1.54, 1.807) is 0 Å². The number of amides is 1. The fourth-order valence-corrected chi connectivity index (χ4v) is 4.63.